The van der Waals surface area contributed by atoms with Crippen molar-refractivity contribution >= 4 is 5.97 Å². The lowest BCUT2D eigenvalue weighted by Crippen LogP contribution is -2.41. The second-order valence-electron chi connectivity index (χ2n) is 6.47. The summed E-state index contributed by atoms with van der Waals surface area (Å²) in [6.45, 7) is 4.14. The van der Waals surface area contributed by atoms with Gasteiger partial charge in [0.25, 0.3) is 0 Å². The summed E-state index contributed by atoms with van der Waals surface area (Å²) in [7, 11) is 0. The smallest absolute Gasteiger partial charge is 0.306 e. The molecule has 1 aliphatic carbocycles. The number of hydrogen-bond donors (Lipinski definition) is 2. The number of hydrogen-bond acceptors (Lipinski definition) is 3. The van der Waals surface area contributed by atoms with Crippen molar-refractivity contribution < 1.29 is 14.6 Å². The minimum Gasteiger partial charge on any atom is -0.481 e. The molecule has 2 N–H and O–H groups in total. The standard InChI is InChI=1S/C16H29NO3/c1-2-3-15-10-14(8-9-20-15)17-11-12-4-6-13(7-5-12)16(18)19/h12-15,17H,2-11H2,1H3,(H,18,19). The topological polar surface area (TPSA) is 58.6 Å². The molecule has 0 aromatic rings. The SMILES string of the molecule is CCCC1CC(NCC2CCC(C(=O)O)CC2)CCO1. The quantitative estimate of drug-likeness (QED) is 0.787. The predicted octanol–water partition coefficient (Wildman–Crippen LogP) is 2.81. The Morgan fingerprint density at radius 3 is 2.65 bits per heavy atom. The van der Waals surface area contributed by atoms with Crippen molar-refractivity contribution in [3.8, 4) is 0 Å². The van der Waals surface area contributed by atoms with Gasteiger partial charge in [-0.3, -0.25) is 4.79 Å². The molecule has 2 fully saturated rings. The average molecular weight is 283 g/mol. The summed E-state index contributed by atoms with van der Waals surface area (Å²) in [6.07, 6.45) is 8.88. The third kappa shape index (κ3) is 4.74. The van der Waals surface area contributed by atoms with Gasteiger partial charge in [0, 0.05) is 12.6 Å². The Labute approximate surface area is 122 Å². The van der Waals surface area contributed by atoms with Crippen molar-refractivity contribution in [3.05, 3.63) is 0 Å². The van der Waals surface area contributed by atoms with Gasteiger partial charge in [0.1, 0.15) is 0 Å². The fourth-order valence-electron chi connectivity index (χ4n) is 3.54. The first-order valence-electron chi connectivity index (χ1n) is 8.26. The number of aliphatic carboxylic acids is 1. The van der Waals surface area contributed by atoms with E-state index in [2.05, 4.69) is 12.2 Å². The Morgan fingerprint density at radius 2 is 2.00 bits per heavy atom. The molecule has 1 saturated heterocycles. The zero-order valence-corrected chi connectivity index (χ0v) is 12.6. The lowest BCUT2D eigenvalue weighted by atomic mass is 9.82. The van der Waals surface area contributed by atoms with Crippen LogP contribution in [0.4, 0.5) is 0 Å². The van der Waals surface area contributed by atoms with Crippen LogP contribution in [0.5, 0.6) is 0 Å². The molecular formula is C16H29NO3. The zero-order valence-electron chi connectivity index (χ0n) is 12.6. The molecule has 116 valence electrons. The second-order valence-corrected chi connectivity index (χ2v) is 6.47. The van der Waals surface area contributed by atoms with E-state index < -0.39 is 5.97 Å². The molecule has 1 saturated carbocycles. The molecule has 20 heavy (non-hydrogen) atoms. The number of carboxylic acids is 1. The van der Waals surface area contributed by atoms with Gasteiger partial charge in [-0.2, -0.15) is 0 Å². The summed E-state index contributed by atoms with van der Waals surface area (Å²) in [5.41, 5.74) is 0. The zero-order chi connectivity index (χ0) is 14.4. The van der Waals surface area contributed by atoms with E-state index in [1.54, 1.807) is 0 Å². The van der Waals surface area contributed by atoms with Crippen LogP contribution in [0.3, 0.4) is 0 Å². The molecule has 0 spiro atoms. The third-order valence-corrected chi connectivity index (χ3v) is 4.87. The minimum atomic E-state index is -0.608. The van der Waals surface area contributed by atoms with Gasteiger partial charge in [-0.1, -0.05) is 13.3 Å². The van der Waals surface area contributed by atoms with Crippen molar-refractivity contribution in [3.63, 3.8) is 0 Å². The summed E-state index contributed by atoms with van der Waals surface area (Å²) in [5.74, 6) is -0.0374. The number of ether oxygens (including phenoxy) is 1. The van der Waals surface area contributed by atoms with Gasteiger partial charge >= 0.3 is 5.97 Å². The highest BCUT2D eigenvalue weighted by atomic mass is 16.5. The number of rotatable bonds is 6. The Bertz CT molecular complexity index is 298. The van der Waals surface area contributed by atoms with Gasteiger partial charge in [-0.15, -0.1) is 0 Å². The van der Waals surface area contributed by atoms with Crippen LogP contribution in [-0.4, -0.2) is 36.4 Å². The predicted molar refractivity (Wildman–Crippen MR) is 78.8 cm³/mol. The summed E-state index contributed by atoms with van der Waals surface area (Å²) in [4.78, 5) is 10.9. The highest BCUT2D eigenvalue weighted by Crippen LogP contribution is 2.29. The molecule has 1 heterocycles. The summed E-state index contributed by atoms with van der Waals surface area (Å²) < 4.78 is 5.78. The fraction of sp³-hybridized carbons (Fsp3) is 0.938. The first kappa shape index (κ1) is 15.8. The van der Waals surface area contributed by atoms with E-state index in [0.717, 1.165) is 51.7 Å². The summed E-state index contributed by atoms with van der Waals surface area (Å²) in [5, 5.41) is 12.7. The van der Waals surface area contributed by atoms with E-state index in [0.29, 0.717) is 18.1 Å². The molecule has 4 heteroatoms. The molecule has 0 bridgehead atoms. The van der Waals surface area contributed by atoms with Crippen LogP contribution >= 0.6 is 0 Å². The van der Waals surface area contributed by atoms with Crippen molar-refractivity contribution in [2.24, 2.45) is 11.8 Å². The van der Waals surface area contributed by atoms with Crippen LogP contribution in [0, 0.1) is 11.8 Å². The Kier molecular flexibility index (Phi) is 6.30. The van der Waals surface area contributed by atoms with Gasteiger partial charge < -0.3 is 15.2 Å². The Morgan fingerprint density at radius 1 is 1.25 bits per heavy atom. The highest BCUT2D eigenvalue weighted by Gasteiger charge is 2.27. The monoisotopic (exact) mass is 283 g/mol. The lowest BCUT2D eigenvalue weighted by molar-refractivity contribution is -0.143. The fourth-order valence-corrected chi connectivity index (χ4v) is 3.54. The molecule has 4 nitrogen and oxygen atoms in total. The molecule has 2 unspecified atom stereocenters. The number of nitrogens with one attached hydrogen (secondary N) is 1. The molecule has 2 aliphatic rings. The Balaban J connectivity index is 1.64. The minimum absolute atomic E-state index is 0.0942. The molecule has 2 rings (SSSR count). The second kappa shape index (κ2) is 7.99. The van der Waals surface area contributed by atoms with Crippen LogP contribution in [0.1, 0.15) is 58.3 Å². The molecule has 2 atom stereocenters. The van der Waals surface area contributed by atoms with E-state index >= 15 is 0 Å². The molecule has 0 amide bonds. The first-order chi connectivity index (χ1) is 9.69. The molecular weight excluding hydrogens is 254 g/mol. The normalized spacial score (nSPS) is 34.9. The van der Waals surface area contributed by atoms with Crippen LogP contribution in [0.15, 0.2) is 0 Å². The maximum absolute atomic E-state index is 10.9. The van der Waals surface area contributed by atoms with Crippen LogP contribution in [0.2, 0.25) is 0 Å². The van der Waals surface area contributed by atoms with Gasteiger partial charge in [-0.05, 0) is 57.4 Å². The van der Waals surface area contributed by atoms with E-state index in [9.17, 15) is 4.79 Å². The van der Waals surface area contributed by atoms with Gasteiger partial charge in [0.05, 0.1) is 12.0 Å². The van der Waals surface area contributed by atoms with E-state index in [1.807, 2.05) is 0 Å². The first-order valence-corrected chi connectivity index (χ1v) is 8.26. The van der Waals surface area contributed by atoms with Crippen molar-refractivity contribution in [1.82, 2.24) is 5.32 Å². The molecule has 0 aromatic heterocycles. The maximum atomic E-state index is 10.9. The maximum Gasteiger partial charge on any atom is 0.306 e. The number of carboxylic acid groups (broad SMARTS) is 1. The third-order valence-electron chi connectivity index (χ3n) is 4.87. The van der Waals surface area contributed by atoms with Crippen LogP contribution in [0.25, 0.3) is 0 Å². The summed E-state index contributed by atoms with van der Waals surface area (Å²) in [6, 6.07) is 0.595. The molecule has 0 radical (unpaired) electrons. The van der Waals surface area contributed by atoms with E-state index in [4.69, 9.17) is 9.84 Å². The Hall–Kier alpha value is -0.610. The van der Waals surface area contributed by atoms with Gasteiger partial charge in [0.2, 0.25) is 0 Å². The molecule has 0 aromatic carbocycles. The van der Waals surface area contributed by atoms with Crippen molar-refractivity contribution in [1.29, 1.82) is 0 Å². The largest absolute Gasteiger partial charge is 0.481 e. The van der Waals surface area contributed by atoms with E-state index in [1.165, 1.54) is 12.8 Å². The van der Waals surface area contributed by atoms with Crippen molar-refractivity contribution in [2.45, 2.75) is 70.4 Å². The van der Waals surface area contributed by atoms with Crippen LogP contribution < -0.4 is 5.32 Å². The lowest BCUT2D eigenvalue weighted by Gasteiger charge is -2.32. The highest BCUT2D eigenvalue weighted by molar-refractivity contribution is 5.69. The molecule has 1 aliphatic heterocycles. The van der Waals surface area contributed by atoms with Crippen molar-refractivity contribution in [2.75, 3.05) is 13.2 Å². The van der Waals surface area contributed by atoms with Crippen LogP contribution in [-0.2, 0) is 9.53 Å². The number of carbonyl (C=O) groups is 1. The van der Waals surface area contributed by atoms with E-state index in [-0.39, 0.29) is 5.92 Å². The van der Waals surface area contributed by atoms with Gasteiger partial charge in [0.15, 0.2) is 0 Å². The summed E-state index contributed by atoms with van der Waals surface area (Å²) >= 11 is 0. The average Bonchev–Trinajstić information content (AvgIpc) is 2.46. The van der Waals surface area contributed by atoms with Gasteiger partial charge in [-0.25, -0.2) is 0 Å².